The van der Waals surface area contributed by atoms with Crippen LogP contribution in [0, 0.1) is 0 Å². The highest BCUT2D eigenvalue weighted by molar-refractivity contribution is 6.13. The molecule has 5 heteroatoms. The normalized spacial score (nSPS) is 11.7. The van der Waals surface area contributed by atoms with Gasteiger partial charge in [-0.05, 0) is 64.4 Å². The lowest BCUT2D eigenvalue weighted by molar-refractivity contribution is 0.669. The Kier molecular flexibility index (Phi) is 6.79. The second kappa shape index (κ2) is 12.1. The highest BCUT2D eigenvalue weighted by Gasteiger charge is 2.19. The fourth-order valence-corrected chi connectivity index (χ4v) is 7.95. The van der Waals surface area contributed by atoms with Crippen molar-refractivity contribution in [2.45, 2.75) is 0 Å². The van der Waals surface area contributed by atoms with Crippen LogP contribution in [0.5, 0.6) is 0 Å². The van der Waals surface area contributed by atoms with E-state index in [-0.39, 0.29) is 0 Å². The number of benzene rings is 8. The number of hydrogen-bond donors (Lipinski definition) is 0. The standard InChI is InChI=1S/C49H30N4O/c1-2-13-33(14-3-1)47-50-48(39-19-10-15-32-12-4-5-16-36(32)39)52-49(51-47)41-20-11-23-44-46(41)40-29-26-34(30-45(40)54-44)31-24-27-35(28-25-31)53-42-21-8-6-17-37(42)38-18-7-9-22-43(38)53/h1-30H. The van der Waals surface area contributed by atoms with Crippen LogP contribution in [0.1, 0.15) is 0 Å². The predicted molar refractivity (Wildman–Crippen MR) is 221 cm³/mol. The molecular weight excluding hydrogens is 661 g/mol. The Morgan fingerprint density at radius 2 is 0.963 bits per heavy atom. The number of aromatic nitrogens is 4. The number of rotatable bonds is 5. The van der Waals surface area contributed by atoms with Crippen LogP contribution in [-0.2, 0) is 0 Å². The van der Waals surface area contributed by atoms with Gasteiger partial charge in [-0.2, -0.15) is 0 Å². The van der Waals surface area contributed by atoms with Crippen molar-refractivity contribution < 1.29 is 4.42 Å². The average molecular weight is 691 g/mol. The number of para-hydroxylation sites is 2. The van der Waals surface area contributed by atoms with E-state index in [2.05, 4.69) is 144 Å². The molecule has 0 bridgehead atoms. The summed E-state index contributed by atoms with van der Waals surface area (Å²) in [5.74, 6) is 1.86. The van der Waals surface area contributed by atoms with E-state index in [1.165, 1.54) is 21.8 Å². The second-order valence-electron chi connectivity index (χ2n) is 13.6. The zero-order valence-electron chi connectivity index (χ0n) is 29.0. The lowest BCUT2D eigenvalue weighted by Crippen LogP contribution is -2.00. The summed E-state index contributed by atoms with van der Waals surface area (Å²) < 4.78 is 8.91. The quantitative estimate of drug-likeness (QED) is 0.180. The van der Waals surface area contributed by atoms with Gasteiger partial charge < -0.3 is 8.98 Å². The summed E-state index contributed by atoms with van der Waals surface area (Å²) in [6.07, 6.45) is 0. The predicted octanol–water partition coefficient (Wildman–Crippen LogP) is 12.7. The van der Waals surface area contributed by atoms with Crippen LogP contribution >= 0.6 is 0 Å². The molecule has 0 fully saturated rings. The lowest BCUT2D eigenvalue weighted by atomic mass is 10.0. The topological polar surface area (TPSA) is 56.7 Å². The Balaban J connectivity index is 1.03. The summed E-state index contributed by atoms with van der Waals surface area (Å²) in [5, 5.41) is 6.74. The van der Waals surface area contributed by atoms with Gasteiger partial charge in [-0.15, -0.1) is 0 Å². The van der Waals surface area contributed by atoms with E-state index < -0.39 is 0 Å². The fraction of sp³-hybridized carbons (Fsp3) is 0. The average Bonchev–Trinajstić information content (AvgIpc) is 3.79. The zero-order valence-corrected chi connectivity index (χ0v) is 29.0. The number of hydrogen-bond acceptors (Lipinski definition) is 4. The van der Waals surface area contributed by atoms with E-state index in [0.717, 1.165) is 66.2 Å². The van der Waals surface area contributed by atoms with Crippen LogP contribution in [-0.4, -0.2) is 19.5 Å². The van der Waals surface area contributed by atoms with Crippen molar-refractivity contribution in [2.75, 3.05) is 0 Å². The highest BCUT2D eigenvalue weighted by Crippen LogP contribution is 2.39. The van der Waals surface area contributed by atoms with Crippen molar-refractivity contribution in [3.8, 4) is 51.0 Å². The van der Waals surface area contributed by atoms with Crippen LogP contribution < -0.4 is 0 Å². The van der Waals surface area contributed by atoms with Crippen molar-refractivity contribution in [2.24, 2.45) is 0 Å². The van der Waals surface area contributed by atoms with Crippen molar-refractivity contribution in [1.82, 2.24) is 19.5 Å². The third-order valence-electron chi connectivity index (χ3n) is 10.5. The van der Waals surface area contributed by atoms with Gasteiger partial charge in [-0.1, -0.05) is 140 Å². The van der Waals surface area contributed by atoms with Crippen molar-refractivity contribution >= 4 is 54.5 Å². The molecule has 252 valence electrons. The Morgan fingerprint density at radius 3 is 1.74 bits per heavy atom. The first-order valence-corrected chi connectivity index (χ1v) is 18.1. The van der Waals surface area contributed by atoms with Crippen LogP contribution in [0.4, 0.5) is 0 Å². The smallest absolute Gasteiger partial charge is 0.164 e. The SMILES string of the molecule is c1ccc(-c2nc(-c3cccc4ccccc34)nc(-c3cccc4oc5cc(-c6ccc(-n7c8ccccc8c8ccccc87)cc6)ccc5c34)n2)cc1. The number of furan rings is 1. The van der Waals surface area contributed by atoms with Gasteiger partial charge in [0.15, 0.2) is 17.5 Å². The van der Waals surface area contributed by atoms with Gasteiger partial charge in [-0.3, -0.25) is 0 Å². The summed E-state index contributed by atoms with van der Waals surface area (Å²) in [5.41, 5.74) is 10.1. The maximum Gasteiger partial charge on any atom is 0.164 e. The third kappa shape index (κ3) is 4.83. The molecule has 3 aromatic heterocycles. The molecule has 11 rings (SSSR count). The molecule has 0 spiro atoms. The molecule has 11 aromatic rings. The molecule has 0 aliphatic rings. The van der Waals surface area contributed by atoms with Gasteiger partial charge in [0.1, 0.15) is 11.2 Å². The van der Waals surface area contributed by atoms with E-state index in [9.17, 15) is 0 Å². The molecule has 0 amide bonds. The molecule has 0 aliphatic heterocycles. The summed E-state index contributed by atoms with van der Waals surface area (Å²) in [6, 6.07) is 63.3. The van der Waals surface area contributed by atoms with Gasteiger partial charge in [-0.25, -0.2) is 15.0 Å². The Hall–Kier alpha value is -7.37. The van der Waals surface area contributed by atoms with Crippen LogP contribution in [0.15, 0.2) is 186 Å². The molecule has 0 aliphatic carbocycles. The Morgan fingerprint density at radius 1 is 0.370 bits per heavy atom. The van der Waals surface area contributed by atoms with E-state index >= 15 is 0 Å². The zero-order chi connectivity index (χ0) is 35.6. The van der Waals surface area contributed by atoms with Crippen molar-refractivity contribution in [3.05, 3.63) is 182 Å². The molecule has 0 saturated carbocycles. The minimum atomic E-state index is 0.602. The van der Waals surface area contributed by atoms with Gasteiger partial charge in [0.05, 0.1) is 11.0 Å². The van der Waals surface area contributed by atoms with Gasteiger partial charge in [0.2, 0.25) is 0 Å². The molecule has 0 radical (unpaired) electrons. The van der Waals surface area contributed by atoms with E-state index in [0.29, 0.717) is 17.5 Å². The van der Waals surface area contributed by atoms with Crippen LogP contribution in [0.3, 0.4) is 0 Å². The summed E-state index contributed by atoms with van der Waals surface area (Å²) in [7, 11) is 0. The molecular formula is C49H30N4O. The van der Waals surface area contributed by atoms with Crippen LogP contribution in [0.2, 0.25) is 0 Å². The maximum atomic E-state index is 6.57. The summed E-state index contributed by atoms with van der Waals surface area (Å²) in [4.78, 5) is 15.3. The monoisotopic (exact) mass is 690 g/mol. The molecule has 5 nitrogen and oxygen atoms in total. The number of nitrogens with zero attached hydrogens (tertiary/aromatic N) is 4. The minimum absolute atomic E-state index is 0.602. The van der Waals surface area contributed by atoms with Gasteiger partial charge in [0, 0.05) is 43.9 Å². The first-order chi connectivity index (χ1) is 26.8. The molecule has 0 N–H and O–H groups in total. The van der Waals surface area contributed by atoms with Crippen molar-refractivity contribution in [1.29, 1.82) is 0 Å². The second-order valence-corrected chi connectivity index (χ2v) is 13.6. The lowest BCUT2D eigenvalue weighted by Gasteiger charge is -2.11. The fourth-order valence-electron chi connectivity index (χ4n) is 7.95. The summed E-state index contributed by atoms with van der Waals surface area (Å²) in [6.45, 7) is 0. The van der Waals surface area contributed by atoms with Gasteiger partial charge in [0.25, 0.3) is 0 Å². The van der Waals surface area contributed by atoms with E-state index in [1.807, 2.05) is 42.5 Å². The van der Waals surface area contributed by atoms with Gasteiger partial charge >= 0.3 is 0 Å². The highest BCUT2D eigenvalue weighted by atomic mass is 16.3. The first kappa shape index (κ1) is 30.3. The van der Waals surface area contributed by atoms with Crippen LogP contribution in [0.25, 0.3) is 105 Å². The molecule has 3 heterocycles. The number of fused-ring (bicyclic) bond motifs is 7. The van der Waals surface area contributed by atoms with E-state index in [1.54, 1.807) is 0 Å². The Labute approximate surface area is 310 Å². The molecule has 54 heavy (non-hydrogen) atoms. The maximum absolute atomic E-state index is 6.57. The molecule has 8 aromatic carbocycles. The molecule has 0 atom stereocenters. The molecule has 0 saturated heterocycles. The summed E-state index contributed by atoms with van der Waals surface area (Å²) >= 11 is 0. The minimum Gasteiger partial charge on any atom is -0.456 e. The van der Waals surface area contributed by atoms with E-state index in [4.69, 9.17) is 19.4 Å². The first-order valence-electron chi connectivity index (χ1n) is 18.1. The third-order valence-corrected chi connectivity index (χ3v) is 10.5. The van der Waals surface area contributed by atoms with Crippen molar-refractivity contribution in [3.63, 3.8) is 0 Å². The Bertz CT molecular complexity index is 3160. The largest absolute Gasteiger partial charge is 0.456 e. The molecule has 0 unspecified atom stereocenters.